The fourth-order valence-electron chi connectivity index (χ4n) is 2.12. The zero-order valence-electron chi connectivity index (χ0n) is 12.3. The Kier molecular flexibility index (Phi) is 4.25. The summed E-state index contributed by atoms with van der Waals surface area (Å²) >= 11 is 0. The molecule has 1 aromatic heterocycles. The molecule has 3 aromatic rings. The molecule has 0 saturated heterocycles. The van der Waals surface area contributed by atoms with Gasteiger partial charge < -0.3 is 4.74 Å². The topological polar surface area (TPSA) is 34.5 Å². The first-order valence-electron chi connectivity index (χ1n) is 7.04. The highest BCUT2D eigenvalue weighted by atomic mass is 16.5. The summed E-state index contributed by atoms with van der Waals surface area (Å²) in [7, 11) is 1.67. The van der Waals surface area contributed by atoms with Crippen molar-refractivity contribution in [3.63, 3.8) is 0 Å². The van der Waals surface area contributed by atoms with E-state index in [-0.39, 0.29) is 0 Å². The van der Waals surface area contributed by atoms with Crippen LogP contribution in [-0.2, 0) is 0 Å². The number of methoxy groups -OCH3 is 1. The molecule has 0 N–H and O–H groups in total. The predicted octanol–water partition coefficient (Wildman–Crippen LogP) is 4.51. The molecule has 0 atom stereocenters. The van der Waals surface area contributed by atoms with E-state index >= 15 is 0 Å². The molecule has 22 heavy (non-hydrogen) atoms. The number of pyridine rings is 1. The normalized spacial score (nSPS) is 10.8. The second kappa shape index (κ2) is 6.68. The second-order valence-electron chi connectivity index (χ2n) is 4.81. The van der Waals surface area contributed by atoms with Crippen LogP contribution in [0.1, 0.15) is 5.56 Å². The number of rotatable bonds is 4. The van der Waals surface area contributed by atoms with Gasteiger partial charge >= 0.3 is 0 Å². The summed E-state index contributed by atoms with van der Waals surface area (Å²) in [5, 5.41) is 0. The Hall–Kier alpha value is -2.94. The first-order chi connectivity index (χ1) is 10.8. The zero-order valence-corrected chi connectivity index (χ0v) is 12.3. The fourth-order valence-corrected chi connectivity index (χ4v) is 2.12. The second-order valence-corrected chi connectivity index (χ2v) is 4.81. The summed E-state index contributed by atoms with van der Waals surface area (Å²) < 4.78 is 5.17. The quantitative estimate of drug-likeness (QED) is 0.662. The number of ether oxygens (including phenoxy) is 1. The monoisotopic (exact) mass is 288 g/mol. The van der Waals surface area contributed by atoms with Gasteiger partial charge in [-0.05, 0) is 53.1 Å². The number of hydrogen-bond donors (Lipinski definition) is 0. The lowest BCUT2D eigenvalue weighted by Crippen LogP contribution is -1.83. The van der Waals surface area contributed by atoms with E-state index < -0.39 is 0 Å². The van der Waals surface area contributed by atoms with Crippen molar-refractivity contribution in [1.29, 1.82) is 0 Å². The van der Waals surface area contributed by atoms with Gasteiger partial charge in [-0.3, -0.25) is 9.98 Å². The van der Waals surface area contributed by atoms with E-state index in [1.165, 1.54) is 0 Å². The third-order valence-electron chi connectivity index (χ3n) is 3.36. The van der Waals surface area contributed by atoms with Crippen LogP contribution in [0.2, 0.25) is 0 Å². The number of aliphatic imine (C=N–C) groups is 1. The fraction of sp³-hybridized carbons (Fsp3) is 0.0526. The standard InChI is InChI=1S/C19H16N2O/c1-22-19-8-4-17(5-9-19)16-2-6-18(7-3-16)21-14-15-10-12-20-13-11-15/h2-14H,1H3. The number of benzene rings is 2. The number of hydrogen-bond acceptors (Lipinski definition) is 3. The van der Waals surface area contributed by atoms with Gasteiger partial charge in [-0.25, -0.2) is 0 Å². The van der Waals surface area contributed by atoms with Crippen LogP contribution in [0.4, 0.5) is 5.69 Å². The molecule has 3 nitrogen and oxygen atoms in total. The molecule has 2 aromatic carbocycles. The minimum absolute atomic E-state index is 0.863. The van der Waals surface area contributed by atoms with Gasteiger partial charge in [0.2, 0.25) is 0 Å². The van der Waals surface area contributed by atoms with Crippen molar-refractivity contribution in [3.05, 3.63) is 78.6 Å². The minimum atomic E-state index is 0.863. The van der Waals surface area contributed by atoms with Gasteiger partial charge in [-0.1, -0.05) is 24.3 Å². The Balaban J connectivity index is 1.76. The molecule has 0 saturated carbocycles. The summed E-state index contributed by atoms with van der Waals surface area (Å²) in [6.07, 6.45) is 5.35. The highest BCUT2D eigenvalue weighted by Gasteiger charge is 1.98. The first-order valence-corrected chi connectivity index (χ1v) is 7.04. The molecule has 0 amide bonds. The van der Waals surface area contributed by atoms with E-state index in [0.717, 1.165) is 28.1 Å². The van der Waals surface area contributed by atoms with Gasteiger partial charge in [0, 0.05) is 18.6 Å². The van der Waals surface area contributed by atoms with E-state index in [1.54, 1.807) is 19.5 Å². The maximum Gasteiger partial charge on any atom is 0.118 e. The van der Waals surface area contributed by atoms with Crippen molar-refractivity contribution >= 4 is 11.9 Å². The van der Waals surface area contributed by atoms with Gasteiger partial charge in [0.25, 0.3) is 0 Å². The van der Waals surface area contributed by atoms with Gasteiger partial charge in [-0.2, -0.15) is 0 Å². The van der Waals surface area contributed by atoms with E-state index in [0.29, 0.717) is 0 Å². The lowest BCUT2D eigenvalue weighted by Gasteiger charge is -2.04. The molecule has 3 heteroatoms. The van der Waals surface area contributed by atoms with Gasteiger partial charge in [0.15, 0.2) is 0 Å². The maximum absolute atomic E-state index is 5.17. The van der Waals surface area contributed by atoms with E-state index in [1.807, 2.05) is 54.7 Å². The molecule has 1 heterocycles. The van der Waals surface area contributed by atoms with Crippen LogP contribution >= 0.6 is 0 Å². The lowest BCUT2D eigenvalue weighted by atomic mass is 10.1. The van der Waals surface area contributed by atoms with Crippen molar-refractivity contribution in [2.24, 2.45) is 4.99 Å². The van der Waals surface area contributed by atoms with Crippen molar-refractivity contribution in [3.8, 4) is 16.9 Å². The lowest BCUT2D eigenvalue weighted by molar-refractivity contribution is 0.415. The minimum Gasteiger partial charge on any atom is -0.497 e. The molecule has 0 radical (unpaired) electrons. The highest BCUT2D eigenvalue weighted by molar-refractivity contribution is 5.81. The summed E-state index contributed by atoms with van der Waals surface area (Å²) in [6, 6.07) is 20.0. The molecule has 3 rings (SSSR count). The molecule has 0 bridgehead atoms. The Labute approximate surface area is 130 Å². The van der Waals surface area contributed by atoms with Crippen molar-refractivity contribution in [1.82, 2.24) is 4.98 Å². The van der Waals surface area contributed by atoms with E-state index in [4.69, 9.17) is 4.74 Å². The van der Waals surface area contributed by atoms with Crippen LogP contribution in [0.15, 0.2) is 78.0 Å². The maximum atomic E-state index is 5.17. The molecule has 108 valence electrons. The molecule has 0 aliphatic heterocycles. The predicted molar refractivity (Wildman–Crippen MR) is 89.9 cm³/mol. The smallest absolute Gasteiger partial charge is 0.118 e. The van der Waals surface area contributed by atoms with Crippen molar-refractivity contribution in [2.45, 2.75) is 0 Å². The Morgan fingerprint density at radius 2 is 1.41 bits per heavy atom. The zero-order chi connectivity index (χ0) is 15.2. The van der Waals surface area contributed by atoms with Crippen LogP contribution in [0, 0.1) is 0 Å². The Bertz CT molecular complexity index is 748. The Morgan fingerprint density at radius 1 is 0.818 bits per heavy atom. The summed E-state index contributed by atoms with van der Waals surface area (Å²) in [6.45, 7) is 0. The first kappa shape index (κ1) is 14.0. The molecular weight excluding hydrogens is 272 g/mol. The van der Waals surface area contributed by atoms with Crippen LogP contribution in [0.3, 0.4) is 0 Å². The van der Waals surface area contributed by atoms with Crippen molar-refractivity contribution < 1.29 is 4.74 Å². The SMILES string of the molecule is COc1ccc(-c2ccc(N=Cc3ccncc3)cc2)cc1. The average Bonchev–Trinajstić information content (AvgIpc) is 2.61. The van der Waals surface area contributed by atoms with Gasteiger partial charge in [0.1, 0.15) is 5.75 Å². The van der Waals surface area contributed by atoms with Crippen LogP contribution in [0.5, 0.6) is 5.75 Å². The van der Waals surface area contributed by atoms with Crippen LogP contribution in [-0.4, -0.2) is 18.3 Å². The van der Waals surface area contributed by atoms with E-state index in [9.17, 15) is 0 Å². The Morgan fingerprint density at radius 3 is 2.00 bits per heavy atom. The molecule has 0 unspecified atom stereocenters. The molecule has 0 aliphatic carbocycles. The molecule has 0 fully saturated rings. The average molecular weight is 288 g/mol. The molecule has 0 spiro atoms. The van der Waals surface area contributed by atoms with Crippen molar-refractivity contribution in [2.75, 3.05) is 7.11 Å². The number of nitrogens with zero attached hydrogens (tertiary/aromatic N) is 2. The molecule has 0 aliphatic rings. The summed E-state index contributed by atoms with van der Waals surface area (Å²) in [5.41, 5.74) is 4.28. The molecular formula is C19H16N2O. The summed E-state index contributed by atoms with van der Waals surface area (Å²) in [5.74, 6) is 0.863. The van der Waals surface area contributed by atoms with Crippen LogP contribution in [0.25, 0.3) is 11.1 Å². The number of aromatic nitrogens is 1. The highest BCUT2D eigenvalue weighted by Crippen LogP contribution is 2.24. The van der Waals surface area contributed by atoms with Gasteiger partial charge in [0.05, 0.1) is 12.8 Å². The largest absolute Gasteiger partial charge is 0.497 e. The van der Waals surface area contributed by atoms with E-state index in [2.05, 4.69) is 22.1 Å². The summed E-state index contributed by atoms with van der Waals surface area (Å²) in [4.78, 5) is 8.45. The third kappa shape index (κ3) is 3.38. The van der Waals surface area contributed by atoms with Gasteiger partial charge in [-0.15, -0.1) is 0 Å². The third-order valence-corrected chi connectivity index (χ3v) is 3.36. The van der Waals surface area contributed by atoms with Crippen LogP contribution < -0.4 is 4.74 Å².